The molecule has 6 heteroatoms. The molecule has 0 amide bonds. The van der Waals surface area contributed by atoms with Gasteiger partial charge in [0.2, 0.25) is 10.0 Å². The molecule has 14 heavy (non-hydrogen) atoms. The summed E-state index contributed by atoms with van der Waals surface area (Å²) in [5.74, 6) is 0.641. The number of rotatable bonds is 4. The summed E-state index contributed by atoms with van der Waals surface area (Å²) in [5.41, 5.74) is 0. The minimum atomic E-state index is -3.21. The van der Waals surface area contributed by atoms with E-state index in [1.165, 1.54) is 13.1 Å². The standard InChI is InChI=1S/C8H11NO4S/c1-9(14(2,11)12)5-7-3-4-8(6-10)13-7/h3-4,6H,5H2,1-2H3. The molecule has 0 unspecified atom stereocenters. The van der Waals surface area contributed by atoms with Gasteiger partial charge in [0.05, 0.1) is 12.8 Å². The molecule has 1 aromatic rings. The Labute approximate surface area is 82.4 Å². The third kappa shape index (κ3) is 2.68. The zero-order chi connectivity index (χ0) is 10.8. The summed E-state index contributed by atoms with van der Waals surface area (Å²) in [6, 6.07) is 3.07. The number of nitrogens with zero attached hydrogens (tertiary/aromatic N) is 1. The van der Waals surface area contributed by atoms with Crippen LogP contribution in [0.1, 0.15) is 16.3 Å². The Kier molecular flexibility index (Phi) is 3.07. The molecule has 0 saturated carbocycles. The molecule has 78 valence electrons. The minimum absolute atomic E-state index is 0.132. The van der Waals surface area contributed by atoms with Gasteiger partial charge in [0.15, 0.2) is 12.0 Å². The summed E-state index contributed by atoms with van der Waals surface area (Å²) in [6.07, 6.45) is 1.68. The van der Waals surface area contributed by atoms with E-state index in [4.69, 9.17) is 4.42 Å². The van der Waals surface area contributed by atoms with Gasteiger partial charge in [-0.3, -0.25) is 4.79 Å². The third-order valence-electron chi connectivity index (χ3n) is 1.74. The van der Waals surface area contributed by atoms with E-state index in [9.17, 15) is 13.2 Å². The molecule has 0 fully saturated rings. The van der Waals surface area contributed by atoms with Crippen molar-refractivity contribution in [3.8, 4) is 0 Å². The molecule has 0 spiro atoms. The van der Waals surface area contributed by atoms with Gasteiger partial charge >= 0.3 is 0 Å². The SMILES string of the molecule is CN(Cc1ccc(C=O)o1)S(C)(=O)=O. The van der Waals surface area contributed by atoms with Crippen molar-refractivity contribution in [1.82, 2.24) is 4.31 Å². The fraction of sp³-hybridized carbons (Fsp3) is 0.375. The number of carbonyl (C=O) groups excluding carboxylic acids is 1. The predicted molar refractivity (Wildman–Crippen MR) is 50.4 cm³/mol. The first-order chi connectivity index (χ1) is 6.43. The van der Waals surface area contributed by atoms with Crippen molar-refractivity contribution < 1.29 is 17.6 Å². The molecular formula is C8H11NO4S. The summed E-state index contributed by atoms with van der Waals surface area (Å²) >= 11 is 0. The minimum Gasteiger partial charge on any atom is -0.457 e. The lowest BCUT2D eigenvalue weighted by Crippen LogP contribution is -2.24. The van der Waals surface area contributed by atoms with Crippen molar-refractivity contribution in [2.75, 3.05) is 13.3 Å². The highest BCUT2D eigenvalue weighted by Gasteiger charge is 2.13. The highest BCUT2D eigenvalue weighted by molar-refractivity contribution is 7.88. The normalized spacial score (nSPS) is 11.9. The van der Waals surface area contributed by atoms with Crippen LogP contribution in [0, 0.1) is 0 Å². The molecule has 1 rings (SSSR count). The zero-order valence-corrected chi connectivity index (χ0v) is 8.74. The van der Waals surface area contributed by atoms with Crippen LogP contribution in [0.2, 0.25) is 0 Å². The van der Waals surface area contributed by atoms with E-state index in [-0.39, 0.29) is 12.3 Å². The first-order valence-corrected chi connectivity index (χ1v) is 5.73. The lowest BCUT2D eigenvalue weighted by Gasteiger charge is -2.11. The van der Waals surface area contributed by atoms with Gasteiger partial charge in [0.1, 0.15) is 5.76 Å². The Bertz CT molecular complexity index is 420. The number of hydrogen-bond donors (Lipinski definition) is 0. The lowest BCUT2D eigenvalue weighted by atomic mass is 10.4. The largest absolute Gasteiger partial charge is 0.457 e. The quantitative estimate of drug-likeness (QED) is 0.688. The van der Waals surface area contributed by atoms with E-state index in [1.807, 2.05) is 0 Å². The fourth-order valence-corrected chi connectivity index (χ4v) is 1.24. The third-order valence-corrected chi connectivity index (χ3v) is 3.00. The van der Waals surface area contributed by atoms with Crippen LogP contribution in [0.15, 0.2) is 16.5 Å². The van der Waals surface area contributed by atoms with Gasteiger partial charge in [-0.25, -0.2) is 8.42 Å². The average molecular weight is 217 g/mol. The lowest BCUT2D eigenvalue weighted by molar-refractivity contribution is 0.109. The topological polar surface area (TPSA) is 67.6 Å². The second-order valence-corrected chi connectivity index (χ2v) is 5.03. The van der Waals surface area contributed by atoms with Crippen molar-refractivity contribution in [3.05, 3.63) is 23.7 Å². The molecule has 0 bridgehead atoms. The van der Waals surface area contributed by atoms with E-state index in [2.05, 4.69) is 0 Å². The van der Waals surface area contributed by atoms with Gasteiger partial charge in [-0.05, 0) is 12.1 Å². The smallest absolute Gasteiger partial charge is 0.211 e. The van der Waals surface area contributed by atoms with Gasteiger partial charge in [0.25, 0.3) is 0 Å². The van der Waals surface area contributed by atoms with Gasteiger partial charge in [-0.2, -0.15) is 4.31 Å². The molecule has 0 N–H and O–H groups in total. The van der Waals surface area contributed by atoms with Crippen molar-refractivity contribution in [1.29, 1.82) is 0 Å². The Balaban J connectivity index is 2.74. The maximum absolute atomic E-state index is 11.0. The fourth-order valence-electron chi connectivity index (χ4n) is 0.880. The second-order valence-electron chi connectivity index (χ2n) is 2.94. The van der Waals surface area contributed by atoms with Crippen molar-refractivity contribution in [2.45, 2.75) is 6.54 Å². The summed E-state index contributed by atoms with van der Waals surface area (Å²) in [5, 5.41) is 0. The first-order valence-electron chi connectivity index (χ1n) is 3.88. The summed E-state index contributed by atoms with van der Waals surface area (Å²) in [6.45, 7) is 0.132. The maximum Gasteiger partial charge on any atom is 0.211 e. The number of sulfonamides is 1. The van der Waals surface area contributed by atoms with Crippen molar-refractivity contribution >= 4 is 16.3 Å². The van der Waals surface area contributed by atoms with Crippen LogP contribution in [0.5, 0.6) is 0 Å². The Morgan fingerprint density at radius 3 is 2.57 bits per heavy atom. The van der Waals surface area contributed by atoms with Crippen LogP contribution in [0.3, 0.4) is 0 Å². The molecule has 0 aliphatic heterocycles. The van der Waals surface area contributed by atoms with Gasteiger partial charge in [-0.1, -0.05) is 0 Å². The van der Waals surface area contributed by atoms with E-state index >= 15 is 0 Å². The number of furan rings is 1. The molecule has 0 radical (unpaired) electrons. The summed E-state index contributed by atoms with van der Waals surface area (Å²) in [7, 11) is -1.77. The Hall–Kier alpha value is -1.14. The average Bonchev–Trinajstić information content (AvgIpc) is 2.50. The Morgan fingerprint density at radius 2 is 2.14 bits per heavy atom. The molecule has 0 aliphatic rings. The van der Waals surface area contributed by atoms with Crippen molar-refractivity contribution in [2.24, 2.45) is 0 Å². The van der Waals surface area contributed by atoms with E-state index in [0.717, 1.165) is 10.6 Å². The van der Waals surface area contributed by atoms with E-state index in [1.54, 1.807) is 6.07 Å². The van der Waals surface area contributed by atoms with Crippen LogP contribution < -0.4 is 0 Å². The van der Waals surface area contributed by atoms with Gasteiger partial charge in [0, 0.05) is 7.05 Å². The summed E-state index contributed by atoms with van der Waals surface area (Å²) < 4.78 is 28.2. The predicted octanol–water partition coefficient (Wildman–Crippen LogP) is 0.484. The highest BCUT2D eigenvalue weighted by Crippen LogP contribution is 2.09. The molecule has 1 aromatic heterocycles. The van der Waals surface area contributed by atoms with E-state index in [0.29, 0.717) is 12.0 Å². The molecule has 0 aromatic carbocycles. The highest BCUT2D eigenvalue weighted by atomic mass is 32.2. The number of hydrogen-bond acceptors (Lipinski definition) is 4. The van der Waals surface area contributed by atoms with Crippen LogP contribution in [-0.4, -0.2) is 32.3 Å². The van der Waals surface area contributed by atoms with Crippen LogP contribution in [-0.2, 0) is 16.6 Å². The van der Waals surface area contributed by atoms with Crippen molar-refractivity contribution in [3.63, 3.8) is 0 Å². The van der Waals surface area contributed by atoms with Crippen LogP contribution >= 0.6 is 0 Å². The molecule has 5 nitrogen and oxygen atoms in total. The molecule has 0 saturated heterocycles. The molecule has 0 atom stereocenters. The van der Waals surface area contributed by atoms with Gasteiger partial charge in [-0.15, -0.1) is 0 Å². The molecule has 0 aliphatic carbocycles. The summed E-state index contributed by atoms with van der Waals surface area (Å²) in [4.78, 5) is 10.3. The zero-order valence-electron chi connectivity index (χ0n) is 7.93. The van der Waals surface area contributed by atoms with Crippen LogP contribution in [0.4, 0.5) is 0 Å². The Morgan fingerprint density at radius 1 is 1.50 bits per heavy atom. The van der Waals surface area contributed by atoms with Gasteiger partial charge < -0.3 is 4.42 Å². The monoisotopic (exact) mass is 217 g/mol. The maximum atomic E-state index is 11.0. The molecule has 1 heterocycles. The van der Waals surface area contributed by atoms with Crippen LogP contribution in [0.25, 0.3) is 0 Å². The number of aldehydes is 1. The van der Waals surface area contributed by atoms with E-state index < -0.39 is 10.0 Å². The second kappa shape index (κ2) is 3.93. The number of carbonyl (C=O) groups is 1. The first kappa shape index (κ1) is 10.9. The molecular weight excluding hydrogens is 206 g/mol.